The molecular weight excluding hydrogens is 202 g/mol. The molecular formula is C9H13BrN+. The number of hydrogen-bond donors (Lipinski definition) is 0. The summed E-state index contributed by atoms with van der Waals surface area (Å²) in [6.45, 7) is 2.20. The summed E-state index contributed by atoms with van der Waals surface area (Å²) in [5.41, 5.74) is 0. The van der Waals surface area contributed by atoms with Crippen LogP contribution in [0.25, 0.3) is 0 Å². The summed E-state index contributed by atoms with van der Waals surface area (Å²) >= 11 is 3.49. The molecule has 0 saturated carbocycles. The number of hydrogen-bond acceptors (Lipinski definition) is 0. The molecule has 1 aromatic heterocycles. The summed E-state index contributed by atoms with van der Waals surface area (Å²) in [7, 11) is 0. The minimum atomic E-state index is 0.594. The number of alkyl halides is 1. The molecule has 60 valence electrons. The third-order valence-corrected chi connectivity index (χ3v) is 2.56. The Labute approximate surface area is 76.2 Å². The Morgan fingerprint density at radius 1 is 1.27 bits per heavy atom. The monoisotopic (exact) mass is 214 g/mol. The van der Waals surface area contributed by atoms with Gasteiger partial charge in [0.1, 0.15) is 0 Å². The first-order valence-electron chi connectivity index (χ1n) is 3.90. The summed E-state index contributed by atoms with van der Waals surface area (Å²) in [5.74, 6) is 0. The number of nitrogens with zero attached hydrogens (tertiary/aromatic N) is 1. The maximum Gasteiger partial charge on any atom is 0.169 e. The summed E-state index contributed by atoms with van der Waals surface area (Å²) in [6, 6.07) is 6.75. The van der Waals surface area contributed by atoms with E-state index < -0.39 is 0 Å². The quantitative estimate of drug-likeness (QED) is 0.538. The minimum Gasteiger partial charge on any atom is -0.202 e. The second-order valence-electron chi connectivity index (χ2n) is 2.54. The van der Waals surface area contributed by atoms with Crippen LogP contribution in [0.2, 0.25) is 0 Å². The van der Waals surface area contributed by atoms with Crippen molar-refractivity contribution in [2.24, 2.45) is 0 Å². The van der Waals surface area contributed by atoms with E-state index in [4.69, 9.17) is 0 Å². The van der Waals surface area contributed by atoms with Crippen LogP contribution in [0.15, 0.2) is 30.6 Å². The van der Waals surface area contributed by atoms with Crippen LogP contribution in [0, 0.1) is 0 Å². The standard InChI is InChI=1S/C9H13BrN/c1-2-9(8-10)11-6-4-3-5-7-11/h3-7,9H,2,8H2,1H3/q+1. The van der Waals surface area contributed by atoms with E-state index in [1.165, 1.54) is 6.42 Å². The molecule has 1 atom stereocenters. The zero-order chi connectivity index (χ0) is 8.10. The van der Waals surface area contributed by atoms with Crippen LogP contribution >= 0.6 is 15.9 Å². The van der Waals surface area contributed by atoms with Gasteiger partial charge in [-0.1, -0.05) is 28.9 Å². The molecule has 1 nitrogen and oxygen atoms in total. The van der Waals surface area contributed by atoms with Crippen LogP contribution in [0.5, 0.6) is 0 Å². The molecule has 1 heterocycles. The highest BCUT2D eigenvalue weighted by molar-refractivity contribution is 9.09. The lowest BCUT2D eigenvalue weighted by atomic mass is 10.2. The lowest BCUT2D eigenvalue weighted by molar-refractivity contribution is -0.718. The molecule has 0 radical (unpaired) electrons. The zero-order valence-electron chi connectivity index (χ0n) is 6.70. The van der Waals surface area contributed by atoms with E-state index in [0.29, 0.717) is 6.04 Å². The number of pyridine rings is 1. The van der Waals surface area contributed by atoms with Gasteiger partial charge < -0.3 is 0 Å². The molecule has 0 spiro atoms. The fraction of sp³-hybridized carbons (Fsp3) is 0.444. The van der Waals surface area contributed by atoms with Gasteiger partial charge in [-0.05, 0) is 0 Å². The Morgan fingerprint density at radius 3 is 2.36 bits per heavy atom. The molecule has 0 N–H and O–H groups in total. The first-order chi connectivity index (χ1) is 5.38. The molecule has 1 rings (SSSR count). The Morgan fingerprint density at radius 2 is 1.91 bits per heavy atom. The summed E-state index contributed by atoms with van der Waals surface area (Å²) < 4.78 is 2.23. The molecule has 0 aliphatic heterocycles. The van der Waals surface area contributed by atoms with Gasteiger partial charge in [-0.25, -0.2) is 4.57 Å². The molecule has 0 aliphatic rings. The lowest BCUT2D eigenvalue weighted by Gasteiger charge is -2.04. The van der Waals surface area contributed by atoms with Gasteiger partial charge in [0, 0.05) is 18.6 Å². The first-order valence-corrected chi connectivity index (χ1v) is 5.02. The van der Waals surface area contributed by atoms with Gasteiger partial charge in [-0.2, -0.15) is 0 Å². The SMILES string of the molecule is CCC(CBr)[n+]1ccccc1. The van der Waals surface area contributed by atoms with Crippen molar-refractivity contribution in [1.29, 1.82) is 0 Å². The molecule has 0 bridgehead atoms. The van der Waals surface area contributed by atoms with Crippen LogP contribution in [-0.2, 0) is 0 Å². The summed E-state index contributed by atoms with van der Waals surface area (Å²) in [4.78, 5) is 0. The molecule has 0 amide bonds. The molecule has 1 unspecified atom stereocenters. The van der Waals surface area contributed by atoms with Crippen LogP contribution in [0.3, 0.4) is 0 Å². The van der Waals surface area contributed by atoms with Gasteiger partial charge in [-0.15, -0.1) is 0 Å². The Bertz CT molecular complexity index is 194. The van der Waals surface area contributed by atoms with Gasteiger partial charge in [0.05, 0.1) is 5.33 Å². The Kier molecular flexibility index (Phi) is 3.57. The van der Waals surface area contributed by atoms with E-state index in [9.17, 15) is 0 Å². The van der Waals surface area contributed by atoms with Crippen LogP contribution in [0.1, 0.15) is 19.4 Å². The third kappa shape index (κ3) is 2.29. The summed E-state index contributed by atoms with van der Waals surface area (Å²) in [6.07, 6.45) is 5.38. The normalized spacial score (nSPS) is 12.9. The van der Waals surface area contributed by atoms with Crippen molar-refractivity contribution in [3.8, 4) is 0 Å². The number of halogens is 1. The fourth-order valence-electron chi connectivity index (χ4n) is 1.06. The van der Waals surface area contributed by atoms with Crippen molar-refractivity contribution in [2.75, 3.05) is 5.33 Å². The van der Waals surface area contributed by atoms with E-state index in [2.05, 4.69) is 51.9 Å². The fourth-order valence-corrected chi connectivity index (χ4v) is 1.85. The molecule has 2 heteroatoms. The molecule has 0 aromatic carbocycles. The van der Waals surface area contributed by atoms with Crippen molar-refractivity contribution >= 4 is 15.9 Å². The van der Waals surface area contributed by atoms with E-state index in [1.54, 1.807) is 0 Å². The lowest BCUT2D eigenvalue weighted by Crippen LogP contribution is -2.39. The minimum absolute atomic E-state index is 0.594. The highest BCUT2D eigenvalue weighted by atomic mass is 79.9. The maximum absolute atomic E-state index is 3.49. The van der Waals surface area contributed by atoms with Crippen molar-refractivity contribution < 1.29 is 4.57 Å². The van der Waals surface area contributed by atoms with Crippen LogP contribution < -0.4 is 4.57 Å². The van der Waals surface area contributed by atoms with Gasteiger partial charge in [-0.3, -0.25) is 0 Å². The largest absolute Gasteiger partial charge is 0.202 e. The van der Waals surface area contributed by atoms with Crippen molar-refractivity contribution in [2.45, 2.75) is 19.4 Å². The summed E-state index contributed by atoms with van der Waals surface area (Å²) in [5, 5.41) is 1.03. The van der Waals surface area contributed by atoms with E-state index in [-0.39, 0.29) is 0 Å². The van der Waals surface area contributed by atoms with Crippen molar-refractivity contribution in [3.05, 3.63) is 30.6 Å². The second kappa shape index (κ2) is 4.50. The maximum atomic E-state index is 3.49. The molecule has 11 heavy (non-hydrogen) atoms. The highest BCUT2D eigenvalue weighted by Gasteiger charge is 2.12. The van der Waals surface area contributed by atoms with Gasteiger partial charge in [0.25, 0.3) is 0 Å². The first kappa shape index (κ1) is 8.72. The van der Waals surface area contributed by atoms with Gasteiger partial charge >= 0.3 is 0 Å². The highest BCUT2D eigenvalue weighted by Crippen LogP contribution is 2.04. The van der Waals surface area contributed by atoms with Gasteiger partial charge in [0.2, 0.25) is 0 Å². The predicted molar refractivity (Wildman–Crippen MR) is 49.8 cm³/mol. The van der Waals surface area contributed by atoms with Crippen LogP contribution in [0.4, 0.5) is 0 Å². The molecule has 0 fully saturated rings. The topological polar surface area (TPSA) is 3.88 Å². The van der Waals surface area contributed by atoms with Gasteiger partial charge in [0.15, 0.2) is 18.4 Å². The second-order valence-corrected chi connectivity index (χ2v) is 3.19. The number of aromatic nitrogens is 1. The van der Waals surface area contributed by atoms with E-state index >= 15 is 0 Å². The molecule has 1 aromatic rings. The van der Waals surface area contributed by atoms with E-state index in [1.807, 2.05) is 6.07 Å². The third-order valence-electron chi connectivity index (χ3n) is 1.81. The Balaban J connectivity index is 2.74. The molecule has 0 saturated heterocycles. The van der Waals surface area contributed by atoms with E-state index in [0.717, 1.165) is 5.33 Å². The smallest absolute Gasteiger partial charge is 0.169 e. The van der Waals surface area contributed by atoms with Crippen molar-refractivity contribution in [1.82, 2.24) is 0 Å². The van der Waals surface area contributed by atoms with Crippen molar-refractivity contribution in [3.63, 3.8) is 0 Å². The zero-order valence-corrected chi connectivity index (χ0v) is 8.29. The van der Waals surface area contributed by atoms with Crippen LogP contribution in [-0.4, -0.2) is 5.33 Å². The average molecular weight is 215 g/mol. The predicted octanol–water partition coefficient (Wildman–Crippen LogP) is 2.32. The average Bonchev–Trinajstić information content (AvgIpc) is 2.09. The molecule has 0 aliphatic carbocycles. The Hall–Kier alpha value is -0.370. The number of rotatable bonds is 3.